The Labute approximate surface area is 161 Å². The highest BCUT2D eigenvalue weighted by molar-refractivity contribution is 5.75. The van der Waals surface area contributed by atoms with Crippen LogP contribution in [0.4, 0.5) is 0 Å². The lowest BCUT2D eigenvalue weighted by Crippen LogP contribution is -2.12. The first-order valence-electron chi connectivity index (χ1n) is 9.33. The van der Waals surface area contributed by atoms with Crippen LogP contribution in [0.25, 0.3) is 0 Å². The van der Waals surface area contributed by atoms with Crippen molar-refractivity contribution >= 4 is 5.97 Å². The molecule has 1 heterocycles. The summed E-state index contributed by atoms with van der Waals surface area (Å²) in [6.45, 7) is 6.26. The lowest BCUT2D eigenvalue weighted by Gasteiger charge is -2.13. The molecule has 27 heavy (non-hydrogen) atoms. The van der Waals surface area contributed by atoms with Crippen molar-refractivity contribution in [1.29, 1.82) is 0 Å². The summed E-state index contributed by atoms with van der Waals surface area (Å²) in [5, 5.41) is 0. The molecule has 0 spiro atoms. The summed E-state index contributed by atoms with van der Waals surface area (Å²) in [6.07, 6.45) is 1.77. The molecule has 0 aliphatic heterocycles. The van der Waals surface area contributed by atoms with Crippen LogP contribution in [-0.4, -0.2) is 5.97 Å². The third-order valence-electron chi connectivity index (χ3n) is 4.41. The highest BCUT2D eigenvalue weighted by Gasteiger charge is 2.23. The first-order chi connectivity index (χ1) is 12.9. The van der Waals surface area contributed by atoms with Gasteiger partial charge in [-0.1, -0.05) is 81.4 Å². The van der Waals surface area contributed by atoms with Crippen LogP contribution in [0.15, 0.2) is 71.1 Å². The number of aryl methyl sites for hydroxylation is 2. The van der Waals surface area contributed by atoms with E-state index in [0.717, 1.165) is 23.5 Å². The van der Waals surface area contributed by atoms with Crippen LogP contribution in [0.5, 0.6) is 5.75 Å². The fraction of sp³-hybridized carbons (Fsp3) is 0.292. The van der Waals surface area contributed by atoms with E-state index in [1.165, 1.54) is 5.56 Å². The first kappa shape index (κ1) is 19.0. The second kappa shape index (κ2) is 8.26. The molecule has 1 aromatic heterocycles. The quantitative estimate of drug-likeness (QED) is 0.543. The number of carbonyl (C=O) groups excluding carboxylic acids is 1. The van der Waals surface area contributed by atoms with Crippen molar-refractivity contribution in [2.75, 3.05) is 0 Å². The van der Waals surface area contributed by atoms with Crippen LogP contribution in [0.1, 0.15) is 43.4 Å². The van der Waals surface area contributed by atoms with Crippen LogP contribution < -0.4 is 4.74 Å². The second-order valence-corrected chi connectivity index (χ2v) is 7.77. The fourth-order valence-electron chi connectivity index (χ4n) is 2.87. The molecule has 0 radical (unpaired) electrons. The van der Waals surface area contributed by atoms with Crippen molar-refractivity contribution in [2.45, 2.75) is 45.4 Å². The van der Waals surface area contributed by atoms with Gasteiger partial charge in [-0.25, -0.2) is 0 Å². The predicted molar refractivity (Wildman–Crippen MR) is 107 cm³/mol. The van der Waals surface area contributed by atoms with E-state index in [-0.39, 0.29) is 17.8 Å². The van der Waals surface area contributed by atoms with Gasteiger partial charge in [-0.3, -0.25) is 4.79 Å². The maximum absolute atomic E-state index is 12.4. The molecule has 0 N–H and O–H groups in total. The summed E-state index contributed by atoms with van der Waals surface area (Å²) >= 11 is 0. The number of esters is 1. The molecule has 2 aromatic carbocycles. The molecule has 0 atom stereocenters. The number of furan rings is 1. The zero-order valence-corrected chi connectivity index (χ0v) is 16.2. The number of ether oxygens (including phenoxy) is 1. The second-order valence-electron chi connectivity index (χ2n) is 7.77. The SMILES string of the molecule is CC(C)(C)c1cc(OC(=O)Cc2ccccc2)c(CCc2ccccc2)o1. The van der Waals surface area contributed by atoms with Crippen molar-refractivity contribution in [1.82, 2.24) is 0 Å². The van der Waals surface area contributed by atoms with Gasteiger partial charge in [0.25, 0.3) is 0 Å². The molecule has 3 heteroatoms. The Bertz CT molecular complexity index is 871. The molecule has 0 amide bonds. The summed E-state index contributed by atoms with van der Waals surface area (Å²) < 4.78 is 11.8. The molecule has 0 saturated carbocycles. The number of hydrogen-bond acceptors (Lipinski definition) is 3. The molecule has 0 aliphatic rings. The van der Waals surface area contributed by atoms with Gasteiger partial charge in [0.15, 0.2) is 5.75 Å². The Morgan fingerprint density at radius 3 is 2.07 bits per heavy atom. The predicted octanol–water partition coefficient (Wildman–Crippen LogP) is 5.51. The van der Waals surface area contributed by atoms with Gasteiger partial charge in [0.2, 0.25) is 0 Å². The minimum atomic E-state index is -0.275. The van der Waals surface area contributed by atoms with Crippen LogP contribution in [0.2, 0.25) is 0 Å². The highest BCUT2D eigenvalue weighted by atomic mass is 16.5. The minimum Gasteiger partial charge on any atom is -0.461 e. The van der Waals surface area contributed by atoms with Gasteiger partial charge in [0.05, 0.1) is 6.42 Å². The maximum Gasteiger partial charge on any atom is 0.315 e. The van der Waals surface area contributed by atoms with E-state index in [4.69, 9.17) is 9.15 Å². The van der Waals surface area contributed by atoms with Crippen LogP contribution in [0.3, 0.4) is 0 Å². The number of hydrogen-bond donors (Lipinski definition) is 0. The maximum atomic E-state index is 12.4. The molecule has 0 unspecified atom stereocenters. The Balaban J connectivity index is 1.75. The molecule has 3 nitrogen and oxygen atoms in total. The van der Waals surface area contributed by atoms with Crippen LogP contribution in [-0.2, 0) is 29.5 Å². The minimum absolute atomic E-state index is 0.147. The third-order valence-corrected chi connectivity index (χ3v) is 4.41. The van der Waals surface area contributed by atoms with E-state index < -0.39 is 0 Å². The zero-order chi connectivity index (χ0) is 19.3. The Morgan fingerprint density at radius 2 is 1.48 bits per heavy atom. The highest BCUT2D eigenvalue weighted by Crippen LogP contribution is 2.33. The molecular formula is C24H26O3. The molecule has 0 saturated heterocycles. The molecule has 0 aliphatic carbocycles. The Kier molecular flexibility index (Phi) is 5.80. The summed E-state index contributed by atoms with van der Waals surface area (Å²) in [5.74, 6) is 1.82. The van der Waals surface area contributed by atoms with Gasteiger partial charge in [-0.15, -0.1) is 0 Å². The smallest absolute Gasteiger partial charge is 0.315 e. The average Bonchev–Trinajstić information content (AvgIpc) is 3.05. The van der Waals surface area contributed by atoms with Crippen molar-refractivity contribution in [3.8, 4) is 5.75 Å². The standard InChI is InChI=1S/C24H26O3/c1-24(2,3)22-17-21(27-23(25)16-19-12-8-5-9-13-19)20(26-22)15-14-18-10-6-4-7-11-18/h4-13,17H,14-16H2,1-3H3. The number of carbonyl (C=O) groups is 1. The topological polar surface area (TPSA) is 39.4 Å². The fourth-order valence-corrected chi connectivity index (χ4v) is 2.87. The lowest BCUT2D eigenvalue weighted by atomic mass is 9.93. The van der Waals surface area contributed by atoms with E-state index in [1.54, 1.807) is 0 Å². The van der Waals surface area contributed by atoms with Gasteiger partial charge >= 0.3 is 5.97 Å². The Morgan fingerprint density at radius 1 is 0.889 bits per heavy atom. The van der Waals surface area contributed by atoms with Gasteiger partial charge in [-0.2, -0.15) is 0 Å². The van der Waals surface area contributed by atoms with Crippen LogP contribution >= 0.6 is 0 Å². The molecule has 3 aromatic rings. The lowest BCUT2D eigenvalue weighted by molar-refractivity contribution is -0.133. The summed E-state index contributed by atoms with van der Waals surface area (Å²) in [5.41, 5.74) is 2.02. The first-order valence-corrected chi connectivity index (χ1v) is 9.33. The van der Waals surface area contributed by atoms with Crippen molar-refractivity contribution in [3.05, 3.63) is 89.4 Å². The normalized spacial score (nSPS) is 11.4. The van der Waals surface area contributed by atoms with Gasteiger partial charge in [-0.05, 0) is 17.5 Å². The summed E-state index contributed by atoms with van der Waals surface area (Å²) in [6, 6.07) is 21.7. The molecular weight excluding hydrogens is 336 g/mol. The van der Waals surface area contributed by atoms with Crippen molar-refractivity contribution in [3.63, 3.8) is 0 Å². The summed E-state index contributed by atoms with van der Waals surface area (Å²) in [7, 11) is 0. The molecule has 3 rings (SSSR count). The monoisotopic (exact) mass is 362 g/mol. The third kappa shape index (κ3) is 5.33. The average molecular weight is 362 g/mol. The van der Waals surface area contributed by atoms with Gasteiger partial charge in [0.1, 0.15) is 11.5 Å². The molecule has 0 fully saturated rings. The largest absolute Gasteiger partial charge is 0.461 e. The van der Waals surface area contributed by atoms with E-state index >= 15 is 0 Å². The van der Waals surface area contributed by atoms with Crippen molar-refractivity contribution in [2.24, 2.45) is 0 Å². The number of benzene rings is 2. The van der Waals surface area contributed by atoms with Gasteiger partial charge in [0, 0.05) is 17.9 Å². The molecule has 140 valence electrons. The van der Waals surface area contributed by atoms with Crippen LogP contribution in [0, 0.1) is 0 Å². The van der Waals surface area contributed by atoms with E-state index in [9.17, 15) is 4.79 Å². The van der Waals surface area contributed by atoms with E-state index in [2.05, 4.69) is 32.9 Å². The summed E-state index contributed by atoms with van der Waals surface area (Å²) in [4.78, 5) is 12.4. The van der Waals surface area contributed by atoms with Gasteiger partial charge < -0.3 is 9.15 Å². The Hall–Kier alpha value is -2.81. The number of rotatable bonds is 6. The molecule has 0 bridgehead atoms. The zero-order valence-electron chi connectivity index (χ0n) is 16.2. The van der Waals surface area contributed by atoms with E-state index in [0.29, 0.717) is 12.2 Å². The van der Waals surface area contributed by atoms with Crippen molar-refractivity contribution < 1.29 is 13.9 Å². The van der Waals surface area contributed by atoms with E-state index in [1.807, 2.05) is 54.6 Å².